The van der Waals surface area contributed by atoms with Crippen LogP contribution in [0.25, 0.3) is 0 Å². The van der Waals surface area contributed by atoms with Crippen LogP contribution in [0, 0.1) is 25.2 Å². The van der Waals surface area contributed by atoms with Gasteiger partial charge in [0.15, 0.2) is 0 Å². The van der Waals surface area contributed by atoms with Crippen molar-refractivity contribution >= 4 is 11.7 Å². The molecule has 0 aliphatic rings. The SMILES string of the molecule is CCN(CC(=O)Nc1c(C#N)c(C)c(C)n1Cc1ccco1)Cc1ccccc1. The fourth-order valence-electron chi connectivity index (χ4n) is 3.38. The van der Waals surface area contributed by atoms with Crippen molar-refractivity contribution in [1.29, 1.82) is 5.26 Å². The third kappa shape index (κ3) is 4.76. The van der Waals surface area contributed by atoms with E-state index in [2.05, 4.69) is 28.4 Å². The second-order valence-corrected chi connectivity index (χ2v) is 7.05. The summed E-state index contributed by atoms with van der Waals surface area (Å²) in [6, 6.07) is 16.0. The van der Waals surface area contributed by atoms with Crippen LogP contribution in [0.15, 0.2) is 53.1 Å². The van der Waals surface area contributed by atoms with E-state index in [9.17, 15) is 10.1 Å². The number of hydrogen-bond donors (Lipinski definition) is 1. The van der Waals surface area contributed by atoms with Gasteiger partial charge >= 0.3 is 0 Å². The lowest BCUT2D eigenvalue weighted by atomic mass is 10.2. The van der Waals surface area contributed by atoms with Crippen molar-refractivity contribution in [2.45, 2.75) is 33.9 Å². The van der Waals surface area contributed by atoms with Crippen molar-refractivity contribution < 1.29 is 9.21 Å². The number of likely N-dealkylation sites (N-methyl/N-ethyl adjacent to an activating group) is 1. The number of carbonyl (C=O) groups is 1. The summed E-state index contributed by atoms with van der Waals surface area (Å²) in [6.45, 7) is 8.03. The van der Waals surface area contributed by atoms with Crippen molar-refractivity contribution in [3.8, 4) is 6.07 Å². The lowest BCUT2D eigenvalue weighted by molar-refractivity contribution is -0.117. The molecular weight excluding hydrogens is 364 g/mol. The predicted octanol–water partition coefficient (Wildman–Crippen LogP) is 4.08. The fourth-order valence-corrected chi connectivity index (χ4v) is 3.38. The average molecular weight is 390 g/mol. The molecule has 6 heteroatoms. The Balaban J connectivity index is 1.78. The van der Waals surface area contributed by atoms with E-state index in [1.807, 2.05) is 55.7 Å². The van der Waals surface area contributed by atoms with Crippen molar-refractivity contribution in [2.24, 2.45) is 0 Å². The second-order valence-electron chi connectivity index (χ2n) is 7.05. The van der Waals surface area contributed by atoms with Crippen LogP contribution in [0.3, 0.4) is 0 Å². The quantitative estimate of drug-likeness (QED) is 0.629. The van der Waals surface area contributed by atoms with E-state index < -0.39 is 0 Å². The molecule has 0 atom stereocenters. The molecule has 2 heterocycles. The van der Waals surface area contributed by atoms with Crippen molar-refractivity contribution in [3.05, 3.63) is 76.9 Å². The summed E-state index contributed by atoms with van der Waals surface area (Å²) in [5.74, 6) is 1.15. The first-order valence-electron chi connectivity index (χ1n) is 9.71. The van der Waals surface area contributed by atoms with Gasteiger partial charge in [-0.2, -0.15) is 5.26 Å². The zero-order valence-corrected chi connectivity index (χ0v) is 17.1. The Bertz CT molecular complexity index is 998. The molecule has 0 unspecified atom stereocenters. The van der Waals surface area contributed by atoms with Crippen LogP contribution in [0.5, 0.6) is 0 Å². The molecule has 2 aromatic heterocycles. The second kappa shape index (κ2) is 9.26. The van der Waals surface area contributed by atoms with Gasteiger partial charge in [0.25, 0.3) is 0 Å². The molecule has 1 N–H and O–H groups in total. The summed E-state index contributed by atoms with van der Waals surface area (Å²) in [6.07, 6.45) is 1.62. The van der Waals surface area contributed by atoms with Crippen molar-refractivity contribution in [1.82, 2.24) is 9.47 Å². The minimum Gasteiger partial charge on any atom is -0.467 e. The summed E-state index contributed by atoms with van der Waals surface area (Å²) in [5.41, 5.74) is 3.46. The third-order valence-corrected chi connectivity index (χ3v) is 5.16. The number of hydrogen-bond acceptors (Lipinski definition) is 4. The molecule has 1 aromatic carbocycles. The highest BCUT2D eigenvalue weighted by Gasteiger charge is 2.21. The molecular formula is C23H26N4O2. The maximum atomic E-state index is 12.8. The van der Waals surface area contributed by atoms with Gasteiger partial charge in [0.05, 0.1) is 24.9 Å². The minimum atomic E-state index is -0.141. The first-order chi connectivity index (χ1) is 14.0. The Morgan fingerprint density at radius 3 is 2.59 bits per heavy atom. The first-order valence-corrected chi connectivity index (χ1v) is 9.71. The molecule has 0 aliphatic heterocycles. The number of carbonyl (C=O) groups excluding carboxylic acids is 1. The minimum absolute atomic E-state index is 0.141. The topological polar surface area (TPSA) is 74.2 Å². The Labute approximate surface area is 171 Å². The number of anilines is 1. The average Bonchev–Trinajstić information content (AvgIpc) is 3.31. The molecule has 0 radical (unpaired) electrons. The molecule has 29 heavy (non-hydrogen) atoms. The molecule has 3 rings (SSSR count). The molecule has 0 saturated carbocycles. The molecule has 0 fully saturated rings. The van der Waals surface area contributed by atoms with Gasteiger partial charge in [0.1, 0.15) is 17.6 Å². The van der Waals surface area contributed by atoms with E-state index in [-0.39, 0.29) is 12.5 Å². The van der Waals surface area contributed by atoms with Gasteiger partial charge in [-0.1, -0.05) is 37.3 Å². The molecule has 0 bridgehead atoms. The summed E-state index contributed by atoms with van der Waals surface area (Å²) in [7, 11) is 0. The van der Waals surface area contributed by atoms with Gasteiger partial charge in [-0.05, 0) is 43.7 Å². The van der Waals surface area contributed by atoms with Crippen molar-refractivity contribution in [3.63, 3.8) is 0 Å². The van der Waals surface area contributed by atoms with Gasteiger partial charge in [-0.25, -0.2) is 0 Å². The highest BCUT2D eigenvalue weighted by Crippen LogP contribution is 2.27. The Hall–Kier alpha value is -3.30. The number of aromatic nitrogens is 1. The number of nitriles is 1. The van der Waals surface area contributed by atoms with E-state index in [1.54, 1.807) is 6.26 Å². The van der Waals surface area contributed by atoms with Crippen LogP contribution in [-0.4, -0.2) is 28.5 Å². The van der Waals surface area contributed by atoms with Gasteiger partial charge in [0, 0.05) is 12.2 Å². The lowest BCUT2D eigenvalue weighted by Gasteiger charge is -2.20. The van der Waals surface area contributed by atoms with Gasteiger partial charge in [0.2, 0.25) is 5.91 Å². The monoisotopic (exact) mass is 390 g/mol. The van der Waals surface area contributed by atoms with Crippen LogP contribution in [-0.2, 0) is 17.9 Å². The molecule has 0 spiro atoms. The van der Waals surface area contributed by atoms with E-state index >= 15 is 0 Å². The molecule has 0 saturated heterocycles. The highest BCUT2D eigenvalue weighted by atomic mass is 16.3. The number of rotatable bonds is 8. The van der Waals surface area contributed by atoms with Gasteiger partial charge in [-0.15, -0.1) is 0 Å². The summed E-state index contributed by atoms with van der Waals surface area (Å²) in [4.78, 5) is 14.9. The third-order valence-electron chi connectivity index (χ3n) is 5.16. The maximum absolute atomic E-state index is 12.8. The van der Waals surface area contributed by atoms with Crippen LogP contribution in [0.2, 0.25) is 0 Å². The zero-order valence-electron chi connectivity index (χ0n) is 17.1. The van der Waals surface area contributed by atoms with E-state index in [0.29, 0.717) is 24.5 Å². The van der Waals surface area contributed by atoms with Gasteiger partial charge in [-0.3, -0.25) is 9.69 Å². The first kappa shape index (κ1) is 20.4. The smallest absolute Gasteiger partial charge is 0.239 e. The molecule has 6 nitrogen and oxygen atoms in total. The largest absolute Gasteiger partial charge is 0.467 e. The summed E-state index contributed by atoms with van der Waals surface area (Å²) < 4.78 is 7.39. The number of amides is 1. The fraction of sp³-hybridized carbons (Fsp3) is 0.304. The Morgan fingerprint density at radius 2 is 1.97 bits per heavy atom. The lowest BCUT2D eigenvalue weighted by Crippen LogP contribution is -2.33. The summed E-state index contributed by atoms with van der Waals surface area (Å²) >= 11 is 0. The predicted molar refractivity (Wildman–Crippen MR) is 112 cm³/mol. The standard InChI is InChI=1S/C23H26N4O2/c1-4-26(14-19-9-6-5-7-10-19)16-22(28)25-23-21(13-24)17(2)18(3)27(23)15-20-11-8-12-29-20/h5-12H,4,14-16H2,1-3H3,(H,25,28). The van der Waals surface area contributed by atoms with E-state index in [4.69, 9.17) is 4.42 Å². The Morgan fingerprint density at radius 1 is 1.21 bits per heavy atom. The van der Waals surface area contributed by atoms with Crippen LogP contribution in [0.4, 0.5) is 5.82 Å². The van der Waals surface area contributed by atoms with Crippen molar-refractivity contribution in [2.75, 3.05) is 18.4 Å². The molecule has 1 amide bonds. The van der Waals surface area contributed by atoms with Gasteiger partial charge < -0.3 is 14.3 Å². The number of benzene rings is 1. The normalized spacial score (nSPS) is 10.9. The van der Waals surface area contributed by atoms with E-state index in [1.165, 1.54) is 0 Å². The summed E-state index contributed by atoms with van der Waals surface area (Å²) in [5, 5.41) is 12.6. The molecule has 3 aromatic rings. The maximum Gasteiger partial charge on any atom is 0.239 e. The van der Waals surface area contributed by atoms with Crippen LogP contribution < -0.4 is 5.32 Å². The number of furan rings is 1. The molecule has 0 aliphatic carbocycles. The molecule has 150 valence electrons. The van der Waals surface area contributed by atoms with E-state index in [0.717, 1.165) is 29.1 Å². The zero-order chi connectivity index (χ0) is 20.8. The Kier molecular flexibility index (Phi) is 6.53. The number of nitrogens with one attached hydrogen (secondary N) is 1. The highest BCUT2D eigenvalue weighted by molar-refractivity contribution is 5.93. The number of nitrogens with zero attached hydrogens (tertiary/aromatic N) is 3. The van der Waals surface area contributed by atoms with Crippen LogP contribution >= 0.6 is 0 Å². The van der Waals surface area contributed by atoms with Crippen LogP contribution in [0.1, 0.15) is 35.1 Å².